The number of thiazole rings is 1. The molecule has 5 heteroatoms. The summed E-state index contributed by atoms with van der Waals surface area (Å²) in [5.74, 6) is 0.513. The van der Waals surface area contributed by atoms with E-state index in [-0.39, 0.29) is 5.91 Å². The van der Waals surface area contributed by atoms with Crippen molar-refractivity contribution in [2.75, 3.05) is 20.1 Å². The third kappa shape index (κ3) is 4.28. The first kappa shape index (κ1) is 13.1. The van der Waals surface area contributed by atoms with Crippen LogP contribution in [0.3, 0.4) is 0 Å². The van der Waals surface area contributed by atoms with E-state index in [1.165, 1.54) is 0 Å². The van der Waals surface area contributed by atoms with Gasteiger partial charge < -0.3 is 10.6 Å². The lowest BCUT2D eigenvalue weighted by Crippen LogP contribution is -2.33. The Labute approximate surface area is 100 Å². The molecule has 4 nitrogen and oxygen atoms in total. The summed E-state index contributed by atoms with van der Waals surface area (Å²) in [6.07, 6.45) is 0.804. The van der Waals surface area contributed by atoms with Crippen LogP contribution in [-0.2, 0) is 11.2 Å². The van der Waals surface area contributed by atoms with Crippen molar-refractivity contribution in [2.45, 2.75) is 26.2 Å². The second kappa shape index (κ2) is 6.60. The Kier molecular flexibility index (Phi) is 5.42. The van der Waals surface area contributed by atoms with Crippen molar-refractivity contribution in [1.29, 1.82) is 0 Å². The van der Waals surface area contributed by atoms with Gasteiger partial charge in [0.05, 0.1) is 17.2 Å². The van der Waals surface area contributed by atoms with Gasteiger partial charge in [0.25, 0.3) is 0 Å². The highest BCUT2D eigenvalue weighted by atomic mass is 32.1. The van der Waals surface area contributed by atoms with Crippen LogP contribution in [0.2, 0.25) is 0 Å². The molecule has 0 aliphatic heterocycles. The van der Waals surface area contributed by atoms with Crippen molar-refractivity contribution in [1.82, 2.24) is 15.6 Å². The highest BCUT2D eigenvalue weighted by molar-refractivity contribution is 7.09. The third-order valence-electron chi connectivity index (χ3n) is 2.10. The van der Waals surface area contributed by atoms with Crippen LogP contribution in [0.15, 0.2) is 5.38 Å². The summed E-state index contributed by atoms with van der Waals surface area (Å²) in [5, 5.41) is 8.88. The van der Waals surface area contributed by atoms with E-state index in [0.29, 0.717) is 19.0 Å². The van der Waals surface area contributed by atoms with Crippen LogP contribution >= 0.6 is 11.3 Å². The standard InChI is InChI=1S/C11H19N3OS/c1-8(2)11-14-9(7-16-11)4-5-13-10(15)6-12-3/h7-8,12H,4-6H2,1-3H3,(H,13,15). The van der Waals surface area contributed by atoms with E-state index in [1.807, 2.05) is 0 Å². The first-order chi connectivity index (χ1) is 7.63. The maximum absolute atomic E-state index is 11.2. The van der Waals surface area contributed by atoms with Crippen molar-refractivity contribution in [3.05, 3.63) is 16.1 Å². The molecule has 2 N–H and O–H groups in total. The number of carbonyl (C=O) groups excluding carboxylic acids is 1. The lowest BCUT2D eigenvalue weighted by molar-refractivity contribution is -0.120. The van der Waals surface area contributed by atoms with Gasteiger partial charge in [0.1, 0.15) is 0 Å². The van der Waals surface area contributed by atoms with E-state index in [4.69, 9.17) is 0 Å². The molecule has 0 aliphatic carbocycles. The summed E-state index contributed by atoms with van der Waals surface area (Å²) >= 11 is 1.69. The Morgan fingerprint density at radius 2 is 2.31 bits per heavy atom. The number of amides is 1. The van der Waals surface area contributed by atoms with E-state index < -0.39 is 0 Å². The molecule has 1 amide bonds. The molecular weight excluding hydrogens is 222 g/mol. The number of hydrogen-bond acceptors (Lipinski definition) is 4. The molecule has 1 heterocycles. The molecule has 0 radical (unpaired) electrons. The Balaban J connectivity index is 2.29. The summed E-state index contributed by atoms with van der Waals surface area (Å²) in [5.41, 5.74) is 1.07. The van der Waals surface area contributed by atoms with Crippen LogP contribution in [0.1, 0.15) is 30.5 Å². The number of likely N-dealkylation sites (N-methyl/N-ethyl adjacent to an activating group) is 1. The minimum atomic E-state index is 0.0295. The van der Waals surface area contributed by atoms with Gasteiger partial charge in [-0.3, -0.25) is 4.79 Å². The van der Waals surface area contributed by atoms with E-state index in [1.54, 1.807) is 18.4 Å². The Bertz CT molecular complexity index is 336. The SMILES string of the molecule is CNCC(=O)NCCc1csc(C(C)C)n1. The summed E-state index contributed by atoms with van der Waals surface area (Å²) in [6, 6.07) is 0. The molecule has 1 aromatic rings. The summed E-state index contributed by atoms with van der Waals surface area (Å²) < 4.78 is 0. The minimum Gasteiger partial charge on any atom is -0.355 e. The summed E-state index contributed by atoms with van der Waals surface area (Å²) in [6.45, 7) is 5.30. The Morgan fingerprint density at radius 3 is 2.88 bits per heavy atom. The normalized spacial score (nSPS) is 10.8. The summed E-state index contributed by atoms with van der Waals surface area (Å²) in [7, 11) is 1.76. The lowest BCUT2D eigenvalue weighted by Gasteiger charge is -2.02. The van der Waals surface area contributed by atoms with Gasteiger partial charge in [-0.2, -0.15) is 0 Å². The van der Waals surface area contributed by atoms with Gasteiger partial charge in [-0.15, -0.1) is 11.3 Å². The molecule has 90 valence electrons. The maximum Gasteiger partial charge on any atom is 0.233 e. The average Bonchev–Trinajstić information content (AvgIpc) is 2.67. The van der Waals surface area contributed by atoms with Crippen LogP contribution in [0.25, 0.3) is 0 Å². The lowest BCUT2D eigenvalue weighted by atomic mass is 10.2. The molecule has 0 spiro atoms. The highest BCUT2D eigenvalue weighted by Crippen LogP contribution is 2.19. The number of nitrogens with one attached hydrogen (secondary N) is 2. The molecule has 0 saturated carbocycles. The van der Waals surface area contributed by atoms with Crippen molar-refractivity contribution in [3.63, 3.8) is 0 Å². The van der Waals surface area contributed by atoms with Crippen molar-refractivity contribution in [2.24, 2.45) is 0 Å². The quantitative estimate of drug-likeness (QED) is 0.785. The van der Waals surface area contributed by atoms with Gasteiger partial charge in [0, 0.05) is 24.3 Å². The third-order valence-corrected chi connectivity index (χ3v) is 3.30. The van der Waals surface area contributed by atoms with E-state index >= 15 is 0 Å². The van der Waals surface area contributed by atoms with E-state index in [0.717, 1.165) is 17.1 Å². The zero-order valence-electron chi connectivity index (χ0n) is 10.0. The van der Waals surface area contributed by atoms with Crippen molar-refractivity contribution < 1.29 is 4.79 Å². The summed E-state index contributed by atoms with van der Waals surface area (Å²) in [4.78, 5) is 15.7. The molecule has 0 atom stereocenters. The first-order valence-corrected chi connectivity index (χ1v) is 6.37. The molecule has 1 rings (SSSR count). The van der Waals surface area contributed by atoms with Gasteiger partial charge in [-0.25, -0.2) is 4.98 Å². The van der Waals surface area contributed by atoms with Crippen LogP contribution in [0, 0.1) is 0 Å². The smallest absolute Gasteiger partial charge is 0.233 e. The first-order valence-electron chi connectivity index (χ1n) is 5.49. The molecule has 0 bridgehead atoms. The van der Waals surface area contributed by atoms with E-state index in [2.05, 4.69) is 34.8 Å². The number of aromatic nitrogens is 1. The van der Waals surface area contributed by atoms with Crippen LogP contribution in [0.5, 0.6) is 0 Å². The number of nitrogens with zero attached hydrogens (tertiary/aromatic N) is 1. The van der Waals surface area contributed by atoms with Crippen LogP contribution in [0.4, 0.5) is 0 Å². The Morgan fingerprint density at radius 1 is 1.56 bits per heavy atom. The van der Waals surface area contributed by atoms with Crippen LogP contribution < -0.4 is 10.6 Å². The van der Waals surface area contributed by atoms with Gasteiger partial charge in [-0.05, 0) is 7.05 Å². The predicted octanol–water partition coefficient (Wildman–Crippen LogP) is 1.14. The molecule has 0 aromatic carbocycles. The molecule has 0 unspecified atom stereocenters. The fraction of sp³-hybridized carbons (Fsp3) is 0.636. The van der Waals surface area contributed by atoms with Gasteiger partial charge >= 0.3 is 0 Å². The molecule has 1 aromatic heterocycles. The monoisotopic (exact) mass is 241 g/mol. The highest BCUT2D eigenvalue weighted by Gasteiger charge is 2.05. The molecule has 0 aliphatic rings. The molecule has 0 fully saturated rings. The zero-order valence-corrected chi connectivity index (χ0v) is 10.9. The van der Waals surface area contributed by atoms with Crippen molar-refractivity contribution >= 4 is 17.2 Å². The second-order valence-corrected chi connectivity index (χ2v) is 4.85. The number of hydrogen-bond donors (Lipinski definition) is 2. The van der Waals surface area contributed by atoms with Gasteiger partial charge in [-0.1, -0.05) is 13.8 Å². The van der Waals surface area contributed by atoms with Crippen LogP contribution in [-0.4, -0.2) is 31.0 Å². The maximum atomic E-state index is 11.2. The van der Waals surface area contributed by atoms with Crippen molar-refractivity contribution in [3.8, 4) is 0 Å². The molecule has 16 heavy (non-hydrogen) atoms. The number of rotatable bonds is 6. The fourth-order valence-corrected chi connectivity index (χ4v) is 2.13. The van der Waals surface area contributed by atoms with Gasteiger partial charge in [0.15, 0.2) is 0 Å². The van der Waals surface area contributed by atoms with Gasteiger partial charge in [0.2, 0.25) is 5.91 Å². The molecule has 0 saturated heterocycles. The predicted molar refractivity (Wildman–Crippen MR) is 66.8 cm³/mol. The second-order valence-electron chi connectivity index (χ2n) is 3.96. The van der Waals surface area contributed by atoms with E-state index in [9.17, 15) is 4.79 Å². The molecular formula is C11H19N3OS. The fourth-order valence-electron chi connectivity index (χ4n) is 1.26. The largest absolute Gasteiger partial charge is 0.355 e. The topological polar surface area (TPSA) is 54.0 Å². The zero-order chi connectivity index (χ0) is 12.0. The average molecular weight is 241 g/mol. The Hall–Kier alpha value is -0.940. The number of carbonyl (C=O) groups is 1. The minimum absolute atomic E-state index is 0.0295.